The van der Waals surface area contributed by atoms with E-state index in [9.17, 15) is 4.79 Å². The van der Waals surface area contributed by atoms with Crippen LogP contribution in [0.4, 0.5) is 0 Å². The maximum absolute atomic E-state index is 12.0. The van der Waals surface area contributed by atoms with Crippen LogP contribution < -0.4 is 5.32 Å². The molecule has 0 saturated carbocycles. The third-order valence-electron chi connectivity index (χ3n) is 2.48. The molecule has 3 nitrogen and oxygen atoms in total. The summed E-state index contributed by atoms with van der Waals surface area (Å²) < 4.78 is 0.662. The van der Waals surface area contributed by atoms with Crippen LogP contribution in [0.5, 0.6) is 0 Å². The van der Waals surface area contributed by atoms with Crippen LogP contribution >= 0.6 is 27.3 Å². The average molecular weight is 325 g/mol. The Hall–Kier alpha value is -1.20. The van der Waals surface area contributed by atoms with Crippen molar-refractivity contribution in [2.45, 2.75) is 19.9 Å². The Balaban J connectivity index is 2.08. The van der Waals surface area contributed by atoms with E-state index in [1.54, 1.807) is 29.5 Å². The first-order valence-corrected chi connectivity index (χ1v) is 7.17. The first-order chi connectivity index (χ1) is 8.56. The van der Waals surface area contributed by atoms with Gasteiger partial charge in [0.2, 0.25) is 0 Å². The van der Waals surface area contributed by atoms with E-state index < -0.39 is 0 Å². The third kappa shape index (κ3) is 3.17. The molecule has 5 heteroatoms. The fourth-order valence-corrected chi connectivity index (χ4v) is 2.79. The van der Waals surface area contributed by atoms with E-state index in [-0.39, 0.29) is 11.9 Å². The number of pyridine rings is 1. The molecule has 18 heavy (non-hydrogen) atoms. The van der Waals surface area contributed by atoms with Gasteiger partial charge < -0.3 is 5.32 Å². The van der Waals surface area contributed by atoms with Crippen LogP contribution in [0.2, 0.25) is 0 Å². The van der Waals surface area contributed by atoms with Gasteiger partial charge in [-0.15, -0.1) is 11.3 Å². The molecular formula is C13H13BrN2OS. The summed E-state index contributed by atoms with van der Waals surface area (Å²) in [5.74, 6) is -0.158. The molecule has 0 radical (unpaired) electrons. The largest absolute Gasteiger partial charge is 0.343 e. The van der Waals surface area contributed by atoms with Gasteiger partial charge in [-0.3, -0.25) is 4.79 Å². The SMILES string of the molecule is Cc1ccc(C(C)NC(=O)c2cccc(Br)n2)s1. The lowest BCUT2D eigenvalue weighted by molar-refractivity contribution is 0.0935. The Morgan fingerprint density at radius 3 is 2.78 bits per heavy atom. The van der Waals surface area contributed by atoms with Crippen molar-refractivity contribution in [1.82, 2.24) is 10.3 Å². The van der Waals surface area contributed by atoms with Crippen LogP contribution in [0.15, 0.2) is 34.9 Å². The number of aromatic nitrogens is 1. The Labute approximate surface area is 118 Å². The molecule has 1 unspecified atom stereocenters. The van der Waals surface area contributed by atoms with Crippen LogP contribution in [-0.2, 0) is 0 Å². The Bertz CT molecular complexity index is 568. The van der Waals surface area contributed by atoms with E-state index in [1.807, 2.05) is 13.0 Å². The predicted octanol–water partition coefficient (Wildman–Crippen LogP) is 3.71. The fraction of sp³-hybridized carbons (Fsp3) is 0.231. The maximum Gasteiger partial charge on any atom is 0.270 e. The lowest BCUT2D eigenvalue weighted by Gasteiger charge is -2.11. The van der Waals surface area contributed by atoms with Gasteiger partial charge in [-0.2, -0.15) is 0 Å². The Morgan fingerprint density at radius 1 is 1.39 bits per heavy atom. The number of hydrogen-bond donors (Lipinski definition) is 1. The van der Waals surface area contributed by atoms with E-state index in [0.717, 1.165) is 4.88 Å². The summed E-state index contributed by atoms with van der Waals surface area (Å²) in [5, 5.41) is 2.94. The zero-order valence-electron chi connectivity index (χ0n) is 10.1. The van der Waals surface area contributed by atoms with Gasteiger partial charge in [-0.05, 0) is 54.0 Å². The van der Waals surface area contributed by atoms with Crippen molar-refractivity contribution >= 4 is 33.2 Å². The summed E-state index contributed by atoms with van der Waals surface area (Å²) in [6.45, 7) is 4.03. The first-order valence-electron chi connectivity index (χ1n) is 5.56. The van der Waals surface area contributed by atoms with Crippen molar-refractivity contribution in [2.24, 2.45) is 0 Å². The molecule has 1 amide bonds. The number of thiophene rings is 1. The molecule has 0 aliphatic rings. The zero-order valence-corrected chi connectivity index (χ0v) is 12.5. The van der Waals surface area contributed by atoms with Gasteiger partial charge in [0.15, 0.2) is 0 Å². The van der Waals surface area contributed by atoms with E-state index in [2.05, 4.69) is 39.2 Å². The topological polar surface area (TPSA) is 42.0 Å². The van der Waals surface area contributed by atoms with E-state index >= 15 is 0 Å². The monoisotopic (exact) mass is 324 g/mol. The van der Waals surface area contributed by atoms with E-state index in [0.29, 0.717) is 10.3 Å². The first kappa shape index (κ1) is 13.2. The smallest absolute Gasteiger partial charge is 0.270 e. The van der Waals surface area contributed by atoms with Gasteiger partial charge in [0.1, 0.15) is 10.3 Å². The highest BCUT2D eigenvalue weighted by molar-refractivity contribution is 9.10. The molecule has 0 bridgehead atoms. The maximum atomic E-state index is 12.0. The molecule has 2 aromatic rings. The van der Waals surface area contributed by atoms with Crippen LogP contribution in [0.25, 0.3) is 0 Å². The van der Waals surface area contributed by atoms with E-state index in [4.69, 9.17) is 0 Å². The fourth-order valence-electron chi connectivity index (χ4n) is 1.56. The number of hydrogen-bond acceptors (Lipinski definition) is 3. The van der Waals surface area contributed by atoms with Crippen molar-refractivity contribution in [3.05, 3.63) is 50.4 Å². The molecule has 0 saturated heterocycles. The van der Waals surface area contributed by atoms with Crippen molar-refractivity contribution in [3.8, 4) is 0 Å². The standard InChI is InChI=1S/C13H13BrN2OS/c1-8-6-7-11(18-8)9(2)15-13(17)10-4-3-5-12(14)16-10/h3-7,9H,1-2H3,(H,15,17). The quantitative estimate of drug-likeness (QED) is 0.874. The number of halogens is 1. The highest BCUT2D eigenvalue weighted by Crippen LogP contribution is 2.22. The third-order valence-corrected chi connectivity index (χ3v) is 4.11. The number of amides is 1. The Morgan fingerprint density at radius 2 is 2.17 bits per heavy atom. The second-order valence-electron chi connectivity index (χ2n) is 3.99. The van der Waals surface area contributed by atoms with Crippen LogP contribution in [0, 0.1) is 6.92 Å². The summed E-state index contributed by atoms with van der Waals surface area (Å²) in [7, 11) is 0. The molecule has 0 fully saturated rings. The van der Waals surface area contributed by atoms with Gasteiger partial charge >= 0.3 is 0 Å². The minimum atomic E-state index is -0.158. The van der Waals surface area contributed by atoms with Gasteiger partial charge in [0.25, 0.3) is 5.91 Å². The van der Waals surface area contributed by atoms with Crippen LogP contribution in [0.3, 0.4) is 0 Å². The molecule has 0 spiro atoms. The Kier molecular flexibility index (Phi) is 4.14. The molecule has 1 atom stereocenters. The lowest BCUT2D eigenvalue weighted by atomic mass is 10.2. The number of rotatable bonds is 3. The van der Waals surface area contributed by atoms with Crippen molar-refractivity contribution in [2.75, 3.05) is 0 Å². The normalized spacial score (nSPS) is 12.2. The number of nitrogens with one attached hydrogen (secondary N) is 1. The second-order valence-corrected chi connectivity index (χ2v) is 6.12. The molecule has 2 aromatic heterocycles. The minimum Gasteiger partial charge on any atom is -0.343 e. The highest BCUT2D eigenvalue weighted by atomic mass is 79.9. The minimum absolute atomic E-state index is 0.00279. The van der Waals surface area contributed by atoms with Gasteiger partial charge in [-0.25, -0.2) is 4.98 Å². The van der Waals surface area contributed by atoms with Crippen molar-refractivity contribution in [3.63, 3.8) is 0 Å². The molecule has 94 valence electrons. The van der Waals surface area contributed by atoms with Gasteiger partial charge in [0, 0.05) is 9.75 Å². The second kappa shape index (κ2) is 5.63. The van der Waals surface area contributed by atoms with Gasteiger partial charge in [-0.1, -0.05) is 6.07 Å². The molecule has 1 N–H and O–H groups in total. The summed E-state index contributed by atoms with van der Waals surface area (Å²) in [6, 6.07) is 9.39. The molecule has 2 heterocycles. The van der Waals surface area contributed by atoms with Crippen LogP contribution in [0.1, 0.15) is 33.2 Å². The predicted molar refractivity (Wildman–Crippen MR) is 76.9 cm³/mol. The number of carbonyl (C=O) groups excluding carboxylic acids is 1. The summed E-state index contributed by atoms with van der Waals surface area (Å²) >= 11 is 4.95. The molecule has 0 aliphatic heterocycles. The molecule has 2 rings (SSSR count). The van der Waals surface area contributed by atoms with Crippen molar-refractivity contribution < 1.29 is 4.79 Å². The molecule has 0 aromatic carbocycles. The average Bonchev–Trinajstić information content (AvgIpc) is 2.76. The highest BCUT2D eigenvalue weighted by Gasteiger charge is 2.13. The summed E-state index contributed by atoms with van der Waals surface area (Å²) in [5.41, 5.74) is 0.421. The number of aryl methyl sites for hydroxylation is 1. The number of carbonyl (C=O) groups is 1. The van der Waals surface area contributed by atoms with Crippen LogP contribution in [-0.4, -0.2) is 10.9 Å². The van der Waals surface area contributed by atoms with E-state index in [1.165, 1.54) is 4.88 Å². The zero-order chi connectivity index (χ0) is 13.1. The molecule has 0 aliphatic carbocycles. The summed E-state index contributed by atoms with van der Waals surface area (Å²) in [4.78, 5) is 18.5. The number of nitrogens with zero attached hydrogens (tertiary/aromatic N) is 1. The molecular weight excluding hydrogens is 312 g/mol. The summed E-state index contributed by atoms with van der Waals surface area (Å²) in [6.07, 6.45) is 0. The lowest BCUT2D eigenvalue weighted by Crippen LogP contribution is -2.26. The van der Waals surface area contributed by atoms with Gasteiger partial charge in [0.05, 0.1) is 6.04 Å². The van der Waals surface area contributed by atoms with Crippen molar-refractivity contribution in [1.29, 1.82) is 0 Å².